The second kappa shape index (κ2) is 7.75. The van der Waals surface area contributed by atoms with Crippen LogP contribution in [-0.2, 0) is 20.4 Å². The quantitative estimate of drug-likeness (QED) is 0.762. The summed E-state index contributed by atoms with van der Waals surface area (Å²) in [5, 5.41) is 2.56. The summed E-state index contributed by atoms with van der Waals surface area (Å²) in [5.41, 5.74) is 6.20. The second-order valence-electron chi connectivity index (χ2n) is 4.78. The molecule has 20 heavy (non-hydrogen) atoms. The van der Waals surface area contributed by atoms with Gasteiger partial charge in [0.25, 0.3) is 0 Å². The molecule has 1 amide bonds. The lowest BCUT2D eigenvalue weighted by atomic mass is 10.2. The third-order valence-electron chi connectivity index (χ3n) is 2.55. The summed E-state index contributed by atoms with van der Waals surface area (Å²) in [6.45, 7) is 2.22. The highest BCUT2D eigenvalue weighted by Crippen LogP contribution is 2.14. The Kier molecular flexibility index (Phi) is 6.64. The van der Waals surface area contributed by atoms with Crippen LogP contribution in [0, 0.1) is 0 Å². The summed E-state index contributed by atoms with van der Waals surface area (Å²) >= 11 is 3.28. The van der Waals surface area contributed by atoms with E-state index >= 15 is 0 Å². The number of nitrogens with two attached hydrogens (primary N) is 1. The molecule has 0 aliphatic carbocycles. The van der Waals surface area contributed by atoms with Crippen molar-refractivity contribution in [3.63, 3.8) is 0 Å². The van der Waals surface area contributed by atoms with Gasteiger partial charge in [-0.3, -0.25) is 4.79 Å². The Morgan fingerprint density at radius 2 is 2.15 bits per heavy atom. The van der Waals surface area contributed by atoms with Crippen molar-refractivity contribution in [2.75, 3.05) is 12.3 Å². The van der Waals surface area contributed by atoms with Crippen molar-refractivity contribution in [1.82, 2.24) is 5.32 Å². The molecule has 0 saturated carbocycles. The van der Waals surface area contributed by atoms with Gasteiger partial charge in [0.2, 0.25) is 5.91 Å². The highest BCUT2D eigenvalue weighted by molar-refractivity contribution is 9.10. The summed E-state index contributed by atoms with van der Waals surface area (Å²) < 4.78 is 24.6. The zero-order valence-corrected chi connectivity index (χ0v) is 13.7. The average Bonchev–Trinajstić information content (AvgIpc) is 2.26. The Labute approximate surface area is 128 Å². The number of carbonyl (C=O) groups excluding carboxylic acids is 1. The third-order valence-corrected chi connectivity index (χ3v) is 4.52. The standard InChI is InChI=1S/C13H19BrN2O3S/c1-10(15)5-6-16-13(17)9-20(18,19)8-11-3-2-4-12(14)7-11/h2-4,7,10H,5-6,8-9,15H2,1H3,(H,16,17). The molecule has 0 aliphatic rings. The zero-order chi connectivity index (χ0) is 15.2. The van der Waals surface area contributed by atoms with Crippen LogP contribution in [0.1, 0.15) is 18.9 Å². The normalized spacial score (nSPS) is 12.9. The Hall–Kier alpha value is -0.920. The molecule has 1 rings (SSSR count). The van der Waals surface area contributed by atoms with Gasteiger partial charge in [-0.25, -0.2) is 8.42 Å². The number of hydrogen-bond donors (Lipinski definition) is 2. The van der Waals surface area contributed by atoms with Crippen LogP contribution < -0.4 is 11.1 Å². The fraction of sp³-hybridized carbons (Fsp3) is 0.462. The van der Waals surface area contributed by atoms with Gasteiger partial charge in [0.1, 0.15) is 5.75 Å². The van der Waals surface area contributed by atoms with Crippen LogP contribution in [0.15, 0.2) is 28.7 Å². The van der Waals surface area contributed by atoms with E-state index in [4.69, 9.17) is 5.73 Å². The molecule has 0 fully saturated rings. The highest BCUT2D eigenvalue weighted by Gasteiger charge is 2.17. The van der Waals surface area contributed by atoms with Gasteiger partial charge >= 0.3 is 0 Å². The van der Waals surface area contributed by atoms with E-state index in [-0.39, 0.29) is 11.8 Å². The van der Waals surface area contributed by atoms with Gasteiger partial charge < -0.3 is 11.1 Å². The molecule has 0 saturated heterocycles. The Morgan fingerprint density at radius 1 is 1.45 bits per heavy atom. The molecule has 1 atom stereocenters. The van der Waals surface area contributed by atoms with E-state index in [9.17, 15) is 13.2 Å². The molecule has 3 N–H and O–H groups in total. The van der Waals surface area contributed by atoms with Gasteiger partial charge in [0.05, 0.1) is 5.75 Å². The number of benzene rings is 1. The van der Waals surface area contributed by atoms with E-state index in [1.54, 1.807) is 18.2 Å². The molecule has 5 nitrogen and oxygen atoms in total. The molecular formula is C13H19BrN2O3S. The average molecular weight is 363 g/mol. The number of nitrogens with one attached hydrogen (secondary N) is 1. The predicted octanol–water partition coefficient (Wildman–Crippen LogP) is 1.22. The fourth-order valence-electron chi connectivity index (χ4n) is 1.62. The van der Waals surface area contributed by atoms with Crippen molar-refractivity contribution in [3.8, 4) is 0 Å². The lowest BCUT2D eigenvalue weighted by Gasteiger charge is -2.08. The molecule has 0 radical (unpaired) electrons. The van der Waals surface area contributed by atoms with Crippen LogP contribution in [-0.4, -0.2) is 32.7 Å². The Balaban J connectivity index is 2.51. The Morgan fingerprint density at radius 3 is 2.75 bits per heavy atom. The van der Waals surface area contributed by atoms with Crippen molar-refractivity contribution in [2.24, 2.45) is 5.73 Å². The minimum atomic E-state index is -3.47. The SMILES string of the molecule is CC(N)CCNC(=O)CS(=O)(=O)Cc1cccc(Br)c1. The lowest BCUT2D eigenvalue weighted by Crippen LogP contribution is -2.33. The van der Waals surface area contributed by atoms with Crippen molar-refractivity contribution in [1.29, 1.82) is 0 Å². The molecule has 1 aromatic carbocycles. The van der Waals surface area contributed by atoms with E-state index in [1.807, 2.05) is 13.0 Å². The second-order valence-corrected chi connectivity index (χ2v) is 7.76. The summed E-state index contributed by atoms with van der Waals surface area (Å²) in [7, 11) is -3.47. The molecule has 0 bridgehead atoms. The van der Waals surface area contributed by atoms with Gasteiger partial charge in [-0.15, -0.1) is 0 Å². The zero-order valence-electron chi connectivity index (χ0n) is 11.3. The summed E-state index contributed by atoms with van der Waals surface area (Å²) in [5.74, 6) is -1.13. The fourth-order valence-corrected chi connectivity index (χ4v) is 3.36. The maximum atomic E-state index is 11.9. The molecule has 0 aliphatic heterocycles. The number of rotatable bonds is 7. The third kappa shape index (κ3) is 7.02. The molecule has 1 unspecified atom stereocenters. The van der Waals surface area contributed by atoms with Crippen molar-refractivity contribution >= 4 is 31.7 Å². The number of hydrogen-bond acceptors (Lipinski definition) is 4. The van der Waals surface area contributed by atoms with E-state index in [1.165, 1.54) is 0 Å². The van der Waals surface area contributed by atoms with Crippen molar-refractivity contribution in [2.45, 2.75) is 25.1 Å². The van der Waals surface area contributed by atoms with Gasteiger partial charge in [-0.1, -0.05) is 28.1 Å². The topological polar surface area (TPSA) is 89.3 Å². The maximum Gasteiger partial charge on any atom is 0.235 e. The van der Waals surface area contributed by atoms with Crippen molar-refractivity contribution in [3.05, 3.63) is 34.3 Å². The summed E-state index contributed by atoms with van der Waals surface area (Å²) in [6.07, 6.45) is 0.622. The first-order valence-electron chi connectivity index (χ1n) is 6.25. The maximum absolute atomic E-state index is 11.9. The molecule has 7 heteroatoms. The molecule has 0 aromatic heterocycles. The van der Waals surface area contributed by atoms with Crippen LogP contribution in [0.25, 0.3) is 0 Å². The van der Waals surface area contributed by atoms with E-state index in [0.717, 1.165) is 4.47 Å². The first kappa shape index (κ1) is 17.1. The van der Waals surface area contributed by atoms with E-state index < -0.39 is 21.5 Å². The first-order valence-corrected chi connectivity index (χ1v) is 8.87. The van der Waals surface area contributed by atoms with Crippen LogP contribution in [0.2, 0.25) is 0 Å². The summed E-state index contributed by atoms with van der Waals surface area (Å²) in [4.78, 5) is 11.6. The number of sulfone groups is 1. The smallest absolute Gasteiger partial charge is 0.235 e. The van der Waals surface area contributed by atoms with Gasteiger partial charge in [-0.05, 0) is 31.0 Å². The van der Waals surface area contributed by atoms with Crippen LogP contribution >= 0.6 is 15.9 Å². The van der Waals surface area contributed by atoms with Crippen molar-refractivity contribution < 1.29 is 13.2 Å². The van der Waals surface area contributed by atoms with Gasteiger partial charge in [0.15, 0.2) is 9.84 Å². The van der Waals surface area contributed by atoms with Crippen LogP contribution in [0.5, 0.6) is 0 Å². The van der Waals surface area contributed by atoms with E-state index in [2.05, 4.69) is 21.2 Å². The molecular weight excluding hydrogens is 344 g/mol. The molecule has 0 spiro atoms. The minimum Gasteiger partial charge on any atom is -0.355 e. The number of carbonyl (C=O) groups is 1. The van der Waals surface area contributed by atoms with Gasteiger partial charge in [0, 0.05) is 17.1 Å². The molecule has 0 heterocycles. The monoisotopic (exact) mass is 362 g/mol. The van der Waals surface area contributed by atoms with E-state index in [0.29, 0.717) is 18.5 Å². The minimum absolute atomic E-state index is 0.0198. The van der Waals surface area contributed by atoms with Crippen LogP contribution in [0.4, 0.5) is 0 Å². The largest absolute Gasteiger partial charge is 0.355 e. The number of halogens is 1. The molecule has 1 aromatic rings. The lowest BCUT2D eigenvalue weighted by molar-refractivity contribution is -0.118. The Bertz CT molecular complexity index is 558. The van der Waals surface area contributed by atoms with Crippen LogP contribution in [0.3, 0.4) is 0 Å². The van der Waals surface area contributed by atoms with Gasteiger partial charge in [-0.2, -0.15) is 0 Å². The predicted molar refractivity (Wildman–Crippen MR) is 82.9 cm³/mol. The number of amides is 1. The highest BCUT2D eigenvalue weighted by atomic mass is 79.9. The first-order chi connectivity index (χ1) is 9.28. The molecule has 112 valence electrons. The summed E-state index contributed by atoms with van der Waals surface area (Å²) in [6, 6.07) is 7.00.